The number of halogens is 2. The highest BCUT2D eigenvalue weighted by Crippen LogP contribution is 2.35. The molecule has 1 amide bonds. The number of hydrogen-bond acceptors (Lipinski definition) is 4. The van der Waals surface area contributed by atoms with Crippen molar-refractivity contribution in [3.8, 4) is 11.3 Å². The number of carbonyl (C=O) groups excluding carboxylic acids is 1. The van der Waals surface area contributed by atoms with Crippen LogP contribution >= 0.6 is 0 Å². The lowest BCUT2D eigenvalue weighted by molar-refractivity contribution is 0.155. The van der Waals surface area contributed by atoms with E-state index in [1.807, 2.05) is 79.9 Å². The van der Waals surface area contributed by atoms with E-state index in [1.54, 1.807) is 0 Å². The highest BCUT2D eigenvalue weighted by molar-refractivity contribution is 6.09. The molecule has 0 aliphatic carbocycles. The maximum atomic E-state index is 13.5. The number of aryl methyl sites for hydroxylation is 1. The molecule has 0 saturated carbocycles. The number of para-hydroxylation sites is 1. The number of hydrogen-bond donors (Lipinski definition) is 3. The van der Waals surface area contributed by atoms with Crippen molar-refractivity contribution in [1.82, 2.24) is 9.97 Å². The second-order valence-corrected chi connectivity index (χ2v) is 9.51. The summed E-state index contributed by atoms with van der Waals surface area (Å²) >= 11 is 0. The molecule has 0 saturated heterocycles. The zero-order valence-corrected chi connectivity index (χ0v) is 21.5. The number of benzene rings is 4. The summed E-state index contributed by atoms with van der Waals surface area (Å²) in [6.45, 7) is 1.98. The molecule has 0 aliphatic rings. The van der Waals surface area contributed by atoms with Crippen molar-refractivity contribution < 1.29 is 18.3 Å². The number of ether oxygens (including phenoxy) is 1. The van der Waals surface area contributed by atoms with E-state index in [0.717, 1.165) is 68.2 Å². The quantitative estimate of drug-likeness (QED) is 0.187. The number of rotatable bonds is 6. The van der Waals surface area contributed by atoms with E-state index >= 15 is 0 Å². The van der Waals surface area contributed by atoms with Gasteiger partial charge in [-0.25, -0.2) is 18.6 Å². The van der Waals surface area contributed by atoms with E-state index in [2.05, 4.69) is 21.7 Å². The van der Waals surface area contributed by atoms with Gasteiger partial charge in [-0.1, -0.05) is 29.8 Å². The first-order valence-electron chi connectivity index (χ1n) is 12.6. The second kappa shape index (κ2) is 10.5. The Kier molecular flexibility index (Phi) is 6.57. The number of carbonyl (C=O) groups is 1. The van der Waals surface area contributed by atoms with Crippen LogP contribution in [0.15, 0.2) is 97.2 Å². The molecular weight excluding hydrogens is 510 g/mol. The Morgan fingerprint density at radius 3 is 2.45 bits per heavy atom. The molecule has 0 fully saturated rings. The third-order valence-electron chi connectivity index (χ3n) is 6.49. The number of H-pyrrole nitrogens is 1. The molecule has 4 aromatic carbocycles. The Hall–Kier alpha value is -5.24. The lowest BCUT2D eigenvalue weighted by Gasteiger charge is -2.16. The molecular formula is C32H24F2N4O2. The van der Waals surface area contributed by atoms with E-state index in [1.165, 1.54) is 0 Å². The van der Waals surface area contributed by atoms with Crippen molar-refractivity contribution in [2.45, 2.75) is 13.5 Å². The van der Waals surface area contributed by atoms with Crippen LogP contribution in [0.3, 0.4) is 0 Å². The molecule has 6 nitrogen and oxygen atoms in total. The first-order valence-corrected chi connectivity index (χ1v) is 12.6. The number of nitrogens with one attached hydrogen (secondary N) is 3. The molecule has 198 valence electrons. The fraction of sp³-hybridized carbons (Fsp3) is 0.0625. The van der Waals surface area contributed by atoms with Crippen LogP contribution < -0.4 is 10.6 Å². The topological polar surface area (TPSA) is 79.0 Å². The Labute approximate surface area is 228 Å². The Morgan fingerprint density at radius 2 is 1.65 bits per heavy atom. The first kappa shape index (κ1) is 25.1. The molecule has 0 spiro atoms. The molecule has 3 N–H and O–H groups in total. The number of nitrogens with zero attached hydrogens (tertiary/aromatic N) is 1. The normalized spacial score (nSPS) is 11.1. The largest absolute Gasteiger partial charge is 0.444 e. The van der Waals surface area contributed by atoms with E-state index < -0.39 is 17.7 Å². The number of fused-ring (bicyclic) bond motifs is 2. The summed E-state index contributed by atoms with van der Waals surface area (Å²) in [7, 11) is 0. The van der Waals surface area contributed by atoms with Crippen molar-refractivity contribution in [3.05, 3.63) is 120 Å². The minimum absolute atomic E-state index is 0.0308. The van der Waals surface area contributed by atoms with E-state index in [-0.39, 0.29) is 12.3 Å². The summed E-state index contributed by atoms with van der Waals surface area (Å²) < 4.78 is 32.4. The van der Waals surface area contributed by atoms with E-state index in [9.17, 15) is 13.6 Å². The van der Waals surface area contributed by atoms with Crippen LogP contribution in [0.5, 0.6) is 0 Å². The number of pyridine rings is 1. The van der Waals surface area contributed by atoms with Gasteiger partial charge in [-0.3, -0.25) is 5.32 Å². The van der Waals surface area contributed by atoms with Crippen LogP contribution in [0.25, 0.3) is 33.1 Å². The maximum absolute atomic E-state index is 13.5. The fourth-order valence-corrected chi connectivity index (χ4v) is 4.73. The monoisotopic (exact) mass is 534 g/mol. The lowest BCUT2D eigenvalue weighted by Crippen LogP contribution is -2.14. The molecule has 0 aliphatic heterocycles. The second-order valence-electron chi connectivity index (χ2n) is 9.51. The number of amides is 1. The zero-order chi connectivity index (χ0) is 27.6. The van der Waals surface area contributed by atoms with Gasteiger partial charge in [0.15, 0.2) is 0 Å². The molecule has 8 heteroatoms. The average Bonchev–Trinajstić information content (AvgIpc) is 3.47. The predicted octanol–water partition coefficient (Wildman–Crippen LogP) is 8.46. The summed E-state index contributed by atoms with van der Waals surface area (Å²) in [4.78, 5) is 20.5. The van der Waals surface area contributed by atoms with Crippen LogP contribution in [0, 0.1) is 18.6 Å². The van der Waals surface area contributed by atoms with E-state index in [0.29, 0.717) is 5.56 Å². The predicted molar refractivity (Wildman–Crippen MR) is 154 cm³/mol. The molecule has 2 aromatic heterocycles. The summed E-state index contributed by atoms with van der Waals surface area (Å²) in [6, 6.07) is 26.6. The molecule has 40 heavy (non-hydrogen) atoms. The van der Waals surface area contributed by atoms with Gasteiger partial charge >= 0.3 is 6.09 Å². The first-order chi connectivity index (χ1) is 19.4. The summed E-state index contributed by atoms with van der Waals surface area (Å²) in [5.41, 5.74) is 7.04. The van der Waals surface area contributed by atoms with Gasteiger partial charge in [-0.15, -0.1) is 0 Å². The zero-order valence-electron chi connectivity index (χ0n) is 21.5. The van der Waals surface area contributed by atoms with Gasteiger partial charge in [0, 0.05) is 45.7 Å². The minimum atomic E-state index is -0.827. The lowest BCUT2D eigenvalue weighted by atomic mass is 10.0. The Bertz CT molecular complexity index is 1850. The Morgan fingerprint density at radius 1 is 0.850 bits per heavy atom. The number of anilines is 3. The smallest absolute Gasteiger partial charge is 0.411 e. The summed E-state index contributed by atoms with van der Waals surface area (Å²) in [5.74, 6) is -1.59. The van der Waals surface area contributed by atoms with Gasteiger partial charge in [-0.05, 0) is 73.2 Å². The fourth-order valence-electron chi connectivity index (χ4n) is 4.73. The van der Waals surface area contributed by atoms with Gasteiger partial charge in [0.2, 0.25) is 0 Å². The highest BCUT2D eigenvalue weighted by Gasteiger charge is 2.13. The van der Waals surface area contributed by atoms with Crippen LogP contribution in [0.4, 0.5) is 30.6 Å². The van der Waals surface area contributed by atoms with Crippen molar-refractivity contribution in [1.29, 1.82) is 0 Å². The molecule has 0 radical (unpaired) electrons. The van der Waals surface area contributed by atoms with Gasteiger partial charge in [0.05, 0.1) is 16.7 Å². The minimum Gasteiger partial charge on any atom is -0.444 e. The molecule has 0 atom stereocenters. The van der Waals surface area contributed by atoms with Crippen molar-refractivity contribution in [2.75, 3.05) is 10.6 Å². The van der Waals surface area contributed by atoms with Crippen LogP contribution in [0.1, 0.15) is 11.1 Å². The summed E-state index contributed by atoms with van der Waals surface area (Å²) in [6.07, 6.45) is 1.01. The molecule has 0 unspecified atom stereocenters. The van der Waals surface area contributed by atoms with Gasteiger partial charge in [0.1, 0.15) is 18.2 Å². The highest BCUT2D eigenvalue weighted by atomic mass is 19.1. The van der Waals surface area contributed by atoms with Gasteiger partial charge in [0.25, 0.3) is 0 Å². The summed E-state index contributed by atoms with van der Waals surface area (Å²) in [5, 5.41) is 7.94. The van der Waals surface area contributed by atoms with Crippen molar-refractivity contribution in [2.24, 2.45) is 0 Å². The molecule has 6 rings (SSSR count). The average molecular weight is 535 g/mol. The molecule has 6 aromatic rings. The third kappa shape index (κ3) is 5.33. The van der Waals surface area contributed by atoms with Crippen molar-refractivity contribution >= 4 is 45.0 Å². The number of aromatic nitrogens is 2. The molecule has 2 heterocycles. The van der Waals surface area contributed by atoms with Crippen LogP contribution in [-0.2, 0) is 11.3 Å². The Balaban J connectivity index is 1.34. The van der Waals surface area contributed by atoms with Gasteiger partial charge < -0.3 is 15.0 Å². The molecule has 0 bridgehead atoms. The van der Waals surface area contributed by atoms with E-state index in [4.69, 9.17) is 9.72 Å². The van der Waals surface area contributed by atoms with Crippen LogP contribution in [0.2, 0.25) is 0 Å². The van der Waals surface area contributed by atoms with Crippen molar-refractivity contribution in [3.63, 3.8) is 0 Å². The van der Waals surface area contributed by atoms with Gasteiger partial charge in [-0.2, -0.15) is 0 Å². The maximum Gasteiger partial charge on any atom is 0.411 e. The number of aromatic amines is 1. The third-order valence-corrected chi connectivity index (χ3v) is 6.49. The SMILES string of the molecule is Cc1ccc2nc3ccccc3c(Nc3cc(COC(=O)Nc4cc(F)cc(F)c4)cc(-c4ccc[nH]4)c3)c2c1. The van der Waals surface area contributed by atoms with Crippen LogP contribution in [-0.4, -0.2) is 16.1 Å². The standard InChI is InChI=1S/C32H24F2N4O2/c1-19-8-9-30-27(11-19)31(26-5-2-3-6-29(26)38-30)36-24-13-20(12-21(14-24)28-7-4-10-35-28)18-40-32(39)37-25-16-22(33)15-23(34)17-25/h2-17,35H,18H2,1H3,(H,36,38)(H,37,39).